The first-order chi connectivity index (χ1) is 9.09. The van der Waals surface area contributed by atoms with E-state index in [9.17, 15) is 9.59 Å². The Labute approximate surface area is 169 Å². The van der Waals surface area contributed by atoms with E-state index in [4.69, 9.17) is 0 Å². The third-order valence-corrected chi connectivity index (χ3v) is 3.89. The summed E-state index contributed by atoms with van der Waals surface area (Å²) in [5.74, 6) is 0.259. The van der Waals surface area contributed by atoms with Crippen molar-refractivity contribution in [1.29, 1.82) is 0 Å². The maximum absolute atomic E-state index is 12.1. The van der Waals surface area contributed by atoms with Crippen LogP contribution in [-0.2, 0) is 22.4 Å². The minimum Gasteiger partial charge on any atom is -0.750 e. The molecule has 1 aromatic rings. The van der Waals surface area contributed by atoms with Crippen LogP contribution >= 0.6 is 0 Å². The van der Waals surface area contributed by atoms with E-state index in [-0.39, 0.29) is 69.3 Å². The number of hydrogen-bond donors (Lipinski definition) is 0. The molecule has 1 aliphatic carbocycles. The van der Waals surface area contributed by atoms with Crippen LogP contribution < -0.4 is 10.5 Å². The maximum atomic E-state index is 12.1. The standard InChI is InChI=1S/C16H19NO2.La.Ta/c1-11-10-17-16(19)15(12(11)2)14(18)9-8-13-6-4-3-5-7-13;;/h8-9,13H,3-7H2,1-2H3;;/q-2;;/b9-8+;;. The molecule has 1 aliphatic rings. The van der Waals surface area contributed by atoms with Gasteiger partial charge in [-0.2, -0.15) is 5.56 Å². The number of pyridine rings is 1. The van der Waals surface area contributed by atoms with Gasteiger partial charge < -0.3 is 16.0 Å². The Balaban J connectivity index is 0.00000200. The number of carbonyl (C=O) groups is 1. The Bertz CT molecular complexity index is 560. The van der Waals surface area contributed by atoms with E-state index in [0.717, 1.165) is 18.4 Å². The molecular formula is C16H19LaNO2Ta-2. The summed E-state index contributed by atoms with van der Waals surface area (Å²) in [6.45, 7) is 3.58. The van der Waals surface area contributed by atoms with Gasteiger partial charge in [0, 0.05) is 58.0 Å². The predicted molar refractivity (Wildman–Crippen MR) is 74.4 cm³/mol. The first-order valence-electron chi connectivity index (χ1n) is 6.88. The minimum atomic E-state index is -0.471. The number of hydrogen-bond acceptors (Lipinski definition) is 2. The molecule has 0 unspecified atom stereocenters. The molecule has 5 heteroatoms. The molecule has 0 amide bonds. The molecule has 1 aromatic heterocycles. The Morgan fingerprint density at radius 3 is 2.48 bits per heavy atom. The van der Waals surface area contributed by atoms with Gasteiger partial charge in [0.2, 0.25) is 0 Å². The summed E-state index contributed by atoms with van der Waals surface area (Å²) in [6.07, 6.45) is 12.2. The third kappa shape index (κ3) is 5.78. The maximum Gasteiger partial charge on any atom is 0.163 e. The van der Waals surface area contributed by atoms with Crippen LogP contribution in [0.4, 0.5) is 0 Å². The first-order valence-corrected chi connectivity index (χ1v) is 6.88. The summed E-state index contributed by atoms with van der Waals surface area (Å²) in [4.78, 5) is 27.4. The zero-order valence-electron chi connectivity index (χ0n) is 12.6. The summed E-state index contributed by atoms with van der Waals surface area (Å²) in [5, 5.41) is 0. The van der Waals surface area contributed by atoms with Crippen LogP contribution in [0, 0.1) is 61.6 Å². The number of rotatable bonds is 3. The van der Waals surface area contributed by atoms with E-state index >= 15 is 0 Å². The number of allylic oxidation sites excluding steroid dienone is 2. The predicted octanol–water partition coefficient (Wildman–Crippen LogP) is 2.74. The van der Waals surface area contributed by atoms with E-state index < -0.39 is 5.56 Å². The van der Waals surface area contributed by atoms with Crippen molar-refractivity contribution < 1.29 is 62.8 Å². The van der Waals surface area contributed by atoms with E-state index in [0.29, 0.717) is 11.5 Å². The zero-order chi connectivity index (χ0) is 13.8. The van der Waals surface area contributed by atoms with Crippen LogP contribution in [0.2, 0.25) is 0 Å². The summed E-state index contributed by atoms with van der Waals surface area (Å²) >= 11 is 0. The van der Waals surface area contributed by atoms with Crippen molar-refractivity contribution in [1.82, 2.24) is 4.98 Å². The second-order valence-corrected chi connectivity index (χ2v) is 5.28. The molecule has 1 saturated carbocycles. The second-order valence-electron chi connectivity index (χ2n) is 5.28. The minimum absolute atomic E-state index is 0. The molecule has 2 rings (SSSR count). The van der Waals surface area contributed by atoms with Gasteiger partial charge in [-0.1, -0.05) is 44.7 Å². The second kappa shape index (κ2) is 10.1. The average molecular weight is 577 g/mol. The average Bonchev–Trinajstić information content (AvgIpc) is 2.42. The fraction of sp³-hybridized carbons (Fsp3) is 0.500. The number of carbonyl (C=O) groups excluding carboxylic acids is 1. The SMILES string of the molecule is Cc1[c-][n-]c(=O)c(C(=O)/C=C/C2CCCCC2)c1C.[La].[Ta]. The van der Waals surface area contributed by atoms with Gasteiger partial charge in [-0.05, 0) is 30.4 Å². The van der Waals surface area contributed by atoms with Crippen LogP contribution in [-0.4, -0.2) is 5.78 Å². The van der Waals surface area contributed by atoms with E-state index in [1.807, 2.05) is 13.0 Å². The Morgan fingerprint density at radius 1 is 1.24 bits per heavy atom. The number of ketones is 1. The van der Waals surface area contributed by atoms with Crippen LogP contribution in [0.25, 0.3) is 0 Å². The topological polar surface area (TPSA) is 48.2 Å². The van der Waals surface area contributed by atoms with Crippen LogP contribution in [0.5, 0.6) is 0 Å². The van der Waals surface area contributed by atoms with Crippen molar-refractivity contribution in [3.63, 3.8) is 0 Å². The van der Waals surface area contributed by atoms with Crippen molar-refractivity contribution in [2.45, 2.75) is 46.0 Å². The molecule has 21 heavy (non-hydrogen) atoms. The number of aromatic nitrogens is 1. The van der Waals surface area contributed by atoms with Gasteiger partial charge in [-0.25, -0.2) is 0 Å². The molecule has 2 radical (unpaired) electrons. The quantitative estimate of drug-likeness (QED) is 0.316. The van der Waals surface area contributed by atoms with Gasteiger partial charge in [-0.3, -0.25) is 4.79 Å². The van der Waals surface area contributed by atoms with Gasteiger partial charge in [0.25, 0.3) is 0 Å². The van der Waals surface area contributed by atoms with Crippen molar-refractivity contribution in [3.8, 4) is 0 Å². The van der Waals surface area contributed by atoms with Gasteiger partial charge in [-0.15, -0.1) is 5.56 Å². The zero-order valence-corrected chi connectivity index (χ0v) is 19.4. The normalized spacial score (nSPS) is 15.3. The summed E-state index contributed by atoms with van der Waals surface area (Å²) in [6, 6.07) is 0. The fourth-order valence-electron chi connectivity index (χ4n) is 2.55. The molecule has 1 fully saturated rings. The monoisotopic (exact) mass is 577 g/mol. The summed E-state index contributed by atoms with van der Waals surface area (Å²) in [7, 11) is 0. The van der Waals surface area contributed by atoms with E-state index in [2.05, 4.69) is 11.2 Å². The van der Waals surface area contributed by atoms with Crippen LogP contribution in [0.3, 0.4) is 0 Å². The summed E-state index contributed by atoms with van der Waals surface area (Å²) < 4.78 is 0. The molecule has 1 heterocycles. The smallest absolute Gasteiger partial charge is 0.163 e. The fourth-order valence-corrected chi connectivity index (χ4v) is 2.55. The Hall–Kier alpha value is 0.295. The molecule has 0 N–H and O–H groups in total. The van der Waals surface area contributed by atoms with Crippen molar-refractivity contribution in [3.05, 3.63) is 45.4 Å². The van der Waals surface area contributed by atoms with E-state index in [1.165, 1.54) is 19.3 Å². The van der Waals surface area contributed by atoms with Gasteiger partial charge >= 0.3 is 0 Å². The van der Waals surface area contributed by atoms with Crippen LogP contribution in [0.1, 0.15) is 53.6 Å². The van der Waals surface area contributed by atoms with Gasteiger partial charge in [0.05, 0.1) is 0 Å². The molecule has 0 bridgehead atoms. The van der Waals surface area contributed by atoms with Crippen LogP contribution in [0.15, 0.2) is 16.9 Å². The molecule has 3 nitrogen and oxygen atoms in total. The van der Waals surface area contributed by atoms with Crippen molar-refractivity contribution >= 4 is 5.78 Å². The third-order valence-electron chi connectivity index (χ3n) is 3.89. The molecule has 110 valence electrons. The molecule has 0 atom stereocenters. The van der Waals surface area contributed by atoms with Gasteiger partial charge in [0.15, 0.2) is 5.78 Å². The van der Waals surface area contributed by atoms with Crippen molar-refractivity contribution in [2.75, 3.05) is 0 Å². The molecular weight excluding hydrogens is 558 g/mol. The summed E-state index contributed by atoms with van der Waals surface area (Å²) in [5.41, 5.74) is 1.18. The molecule has 0 saturated heterocycles. The van der Waals surface area contributed by atoms with Gasteiger partial charge in [0.1, 0.15) is 0 Å². The molecule has 0 aromatic carbocycles. The Kier molecular flexibility index (Phi) is 10.3. The molecule has 0 spiro atoms. The number of nitrogens with zero attached hydrogens (tertiary/aromatic N) is 1. The van der Waals surface area contributed by atoms with Crippen molar-refractivity contribution in [2.24, 2.45) is 5.92 Å². The largest absolute Gasteiger partial charge is 0.750 e. The Morgan fingerprint density at radius 2 is 1.86 bits per heavy atom. The number of aryl methyl sites for hydroxylation is 1. The first kappa shape index (κ1) is 21.3. The molecule has 0 aliphatic heterocycles. The van der Waals surface area contributed by atoms with E-state index in [1.54, 1.807) is 13.0 Å².